The molecule has 5 heteroatoms. The summed E-state index contributed by atoms with van der Waals surface area (Å²) in [6.45, 7) is 27.8. The van der Waals surface area contributed by atoms with Gasteiger partial charge in [0.15, 0.2) is 0 Å². The van der Waals surface area contributed by atoms with Crippen LogP contribution >= 0.6 is 0 Å². The molecule has 2 atom stereocenters. The predicted molar refractivity (Wildman–Crippen MR) is 222 cm³/mol. The number of ether oxygens (including phenoxy) is 1. The number of allylic oxidation sites excluding steroid dienone is 2. The van der Waals surface area contributed by atoms with E-state index in [9.17, 15) is 0 Å². The molecule has 3 aromatic carbocycles. The van der Waals surface area contributed by atoms with E-state index in [0.717, 1.165) is 46.2 Å². The summed E-state index contributed by atoms with van der Waals surface area (Å²) in [7, 11) is 0. The molecule has 1 aliphatic rings. The molecule has 1 unspecified atom stereocenters. The summed E-state index contributed by atoms with van der Waals surface area (Å²) in [4.78, 5) is 4.85. The van der Waals surface area contributed by atoms with E-state index in [0.29, 0.717) is 23.7 Å². The molecule has 0 aliphatic heterocycles. The second kappa shape index (κ2) is 13.6. The van der Waals surface area contributed by atoms with Crippen LogP contribution in [0.1, 0.15) is 128 Å². The van der Waals surface area contributed by atoms with Crippen molar-refractivity contribution < 1.29 is 4.74 Å². The summed E-state index contributed by atoms with van der Waals surface area (Å²) >= 11 is 0. The fraction of sp³-hybridized carbons (Fsp3) is 0.417. The largest absolute Gasteiger partial charge is 0.457 e. The zero-order valence-electron chi connectivity index (χ0n) is 34.0. The highest BCUT2D eigenvalue weighted by Crippen LogP contribution is 2.53. The normalized spacial score (nSPS) is 17.0. The molecule has 7 rings (SSSR count). The molecule has 0 bridgehead atoms. The number of rotatable bonds is 7. The van der Waals surface area contributed by atoms with Gasteiger partial charge in [0.2, 0.25) is 0 Å². The van der Waals surface area contributed by atoms with Crippen LogP contribution in [-0.4, -0.2) is 19.3 Å². The number of aryl methyl sites for hydroxylation is 1. The smallest absolute Gasteiger partial charge is 0.137 e. The molecule has 0 saturated heterocycles. The lowest BCUT2D eigenvalue weighted by molar-refractivity contribution is 0.180. The maximum atomic E-state index is 6.82. The fourth-order valence-electron chi connectivity index (χ4n) is 8.78. The third kappa shape index (κ3) is 6.84. The summed E-state index contributed by atoms with van der Waals surface area (Å²) in [6, 6.07) is 26.0. The van der Waals surface area contributed by atoms with Crippen molar-refractivity contribution in [3.8, 4) is 23.0 Å². The van der Waals surface area contributed by atoms with Gasteiger partial charge >= 0.3 is 0 Å². The minimum absolute atomic E-state index is 0.0776. The Balaban J connectivity index is 1.33. The van der Waals surface area contributed by atoms with Crippen LogP contribution in [0.4, 0.5) is 0 Å². The van der Waals surface area contributed by atoms with Crippen molar-refractivity contribution in [2.24, 2.45) is 16.7 Å². The summed E-state index contributed by atoms with van der Waals surface area (Å²) in [5, 5.41) is 7.67. The van der Waals surface area contributed by atoms with Crippen LogP contribution in [0, 0.1) is 30.6 Å². The van der Waals surface area contributed by atoms with E-state index in [1.807, 2.05) is 6.20 Å². The average Bonchev–Trinajstić information content (AvgIpc) is 3.59. The topological polar surface area (TPSA) is 44.9 Å². The van der Waals surface area contributed by atoms with Gasteiger partial charge in [-0.2, -0.15) is 5.10 Å². The van der Waals surface area contributed by atoms with Crippen LogP contribution in [0.25, 0.3) is 33.3 Å². The molecule has 0 spiro atoms. The molecule has 276 valence electrons. The molecule has 0 N–H and O–H groups in total. The fourth-order valence-corrected chi connectivity index (χ4v) is 8.78. The molecule has 6 aromatic rings. The van der Waals surface area contributed by atoms with Crippen LogP contribution in [0.15, 0.2) is 90.6 Å². The highest BCUT2D eigenvalue weighted by molar-refractivity contribution is 6.09. The third-order valence-corrected chi connectivity index (χ3v) is 11.6. The Bertz CT molecular complexity index is 2340. The minimum Gasteiger partial charge on any atom is -0.457 e. The van der Waals surface area contributed by atoms with E-state index < -0.39 is 0 Å². The van der Waals surface area contributed by atoms with Gasteiger partial charge in [0, 0.05) is 46.3 Å². The van der Waals surface area contributed by atoms with E-state index >= 15 is 0 Å². The van der Waals surface area contributed by atoms with Gasteiger partial charge in [-0.25, -0.2) is 9.67 Å². The second-order valence-electron chi connectivity index (χ2n) is 18.1. The summed E-state index contributed by atoms with van der Waals surface area (Å²) in [5.74, 6) is 4.10. The zero-order chi connectivity index (χ0) is 38.0. The Morgan fingerprint density at radius 3 is 2.17 bits per heavy atom. The van der Waals surface area contributed by atoms with Gasteiger partial charge in [0.05, 0.1) is 22.4 Å². The Labute approximate surface area is 317 Å². The van der Waals surface area contributed by atoms with Crippen LogP contribution in [0.5, 0.6) is 11.5 Å². The van der Waals surface area contributed by atoms with Crippen LogP contribution in [0.2, 0.25) is 0 Å². The van der Waals surface area contributed by atoms with Gasteiger partial charge in [-0.1, -0.05) is 99.1 Å². The number of fused-ring (bicyclic) bond motifs is 3. The number of pyridine rings is 1. The molecular weight excluding hydrogens is 649 g/mol. The number of hydrogen-bond acceptors (Lipinski definition) is 3. The van der Waals surface area contributed by atoms with Gasteiger partial charge in [0.25, 0.3) is 0 Å². The molecule has 0 radical (unpaired) electrons. The first kappa shape index (κ1) is 36.7. The highest BCUT2D eigenvalue weighted by atomic mass is 16.5. The van der Waals surface area contributed by atoms with Crippen molar-refractivity contribution in [2.45, 2.75) is 114 Å². The Kier molecular flexibility index (Phi) is 9.45. The van der Waals surface area contributed by atoms with E-state index in [-0.39, 0.29) is 10.8 Å². The van der Waals surface area contributed by atoms with Crippen molar-refractivity contribution in [3.05, 3.63) is 119 Å². The third-order valence-electron chi connectivity index (χ3n) is 11.6. The van der Waals surface area contributed by atoms with Crippen molar-refractivity contribution in [3.63, 3.8) is 0 Å². The molecule has 3 aromatic heterocycles. The van der Waals surface area contributed by atoms with Crippen LogP contribution in [-0.2, 0) is 0 Å². The lowest BCUT2D eigenvalue weighted by atomic mass is 9.59. The molecule has 53 heavy (non-hydrogen) atoms. The minimum atomic E-state index is 0.0776. The van der Waals surface area contributed by atoms with Crippen LogP contribution in [0.3, 0.4) is 0 Å². The van der Waals surface area contributed by atoms with E-state index in [2.05, 4.69) is 171 Å². The first-order chi connectivity index (χ1) is 25.0. The molecular formula is C48H58N4O. The maximum absolute atomic E-state index is 6.82. The molecule has 1 aliphatic carbocycles. The molecule has 0 fully saturated rings. The molecule has 5 nitrogen and oxygen atoms in total. The van der Waals surface area contributed by atoms with Gasteiger partial charge in [-0.15, -0.1) is 0 Å². The number of aromatic nitrogens is 4. The highest BCUT2D eigenvalue weighted by Gasteiger charge is 2.42. The zero-order valence-corrected chi connectivity index (χ0v) is 34.0. The van der Waals surface area contributed by atoms with Crippen molar-refractivity contribution in [1.82, 2.24) is 19.3 Å². The number of benzene rings is 3. The average molecular weight is 707 g/mol. The van der Waals surface area contributed by atoms with E-state index in [4.69, 9.17) is 14.8 Å². The molecule has 0 amide bonds. The molecule has 3 heterocycles. The predicted octanol–water partition coefficient (Wildman–Crippen LogP) is 13.5. The SMILES string of the molecule is Cc1nn(-c2cc(Oc3ccc4c5ccccc5n(-c5cc(C(C)C)ccn5)c4c3)cc(C(C)C)c2)c(C)c1C1C(C(C)(C)C)=CCC[C@@H]1C(C)(C)C. The lowest BCUT2D eigenvalue weighted by Gasteiger charge is -2.45. The van der Waals surface area contributed by atoms with E-state index in [1.54, 1.807) is 5.57 Å². The summed E-state index contributed by atoms with van der Waals surface area (Å²) < 4.78 is 11.3. The number of hydrogen-bond donors (Lipinski definition) is 0. The van der Waals surface area contributed by atoms with Crippen LogP contribution < -0.4 is 4.74 Å². The quantitative estimate of drug-likeness (QED) is 0.155. The van der Waals surface area contributed by atoms with Crippen molar-refractivity contribution in [2.75, 3.05) is 0 Å². The van der Waals surface area contributed by atoms with Crippen molar-refractivity contribution in [1.29, 1.82) is 0 Å². The summed E-state index contributed by atoms with van der Waals surface area (Å²) in [6.07, 6.45) is 6.79. The monoisotopic (exact) mass is 706 g/mol. The standard InChI is InChI=1S/C48H58N4O/c1-29(2)33-22-23-49-44(26-33)51-42-19-14-13-16-38(42)39-21-20-36(28-43(39)51)53-37-25-34(30(3)4)24-35(27-37)52-32(6)45(31(5)50-52)46-40(47(7,8)9)17-15-18-41(46)48(10,11)12/h13-14,16-17,19-30,41,46H,15,18H2,1-12H3/t41-,46?/m0/s1. The first-order valence-electron chi connectivity index (χ1n) is 19.6. The first-order valence-corrected chi connectivity index (χ1v) is 19.6. The Morgan fingerprint density at radius 1 is 0.755 bits per heavy atom. The van der Waals surface area contributed by atoms with Crippen molar-refractivity contribution >= 4 is 21.8 Å². The van der Waals surface area contributed by atoms with Gasteiger partial charge in [-0.3, -0.25) is 4.57 Å². The van der Waals surface area contributed by atoms with Gasteiger partial charge in [-0.05, 0) is 109 Å². The van der Waals surface area contributed by atoms with Gasteiger partial charge < -0.3 is 4.74 Å². The lowest BCUT2D eigenvalue weighted by Crippen LogP contribution is -2.34. The number of nitrogens with zero attached hydrogens (tertiary/aromatic N) is 4. The second-order valence-corrected chi connectivity index (χ2v) is 18.1. The maximum Gasteiger partial charge on any atom is 0.137 e. The number of para-hydroxylation sites is 1. The Hall–Kier alpha value is -4.64. The summed E-state index contributed by atoms with van der Waals surface area (Å²) in [5.41, 5.74) is 11.2. The molecule has 0 saturated carbocycles. The van der Waals surface area contributed by atoms with Gasteiger partial charge in [0.1, 0.15) is 17.3 Å². The Morgan fingerprint density at radius 2 is 1.47 bits per heavy atom. The van der Waals surface area contributed by atoms with E-state index in [1.165, 1.54) is 39.6 Å².